The van der Waals surface area contributed by atoms with E-state index in [0.29, 0.717) is 5.92 Å². The number of aryl methyl sites for hydroxylation is 1. The molecule has 192 valence electrons. The van der Waals surface area contributed by atoms with Gasteiger partial charge in [0.15, 0.2) is 0 Å². The van der Waals surface area contributed by atoms with Crippen molar-refractivity contribution >= 4 is 22.7 Å². The zero-order chi connectivity index (χ0) is 26.0. The fourth-order valence-electron chi connectivity index (χ4n) is 5.68. The summed E-state index contributed by atoms with van der Waals surface area (Å²) in [4.78, 5) is 23.3. The molecule has 0 aromatic heterocycles. The third kappa shape index (κ3) is 4.86. The molecular formula is C30H36O6. The molecule has 0 radical (unpaired) electrons. The van der Waals surface area contributed by atoms with Crippen molar-refractivity contribution < 1.29 is 28.5 Å². The Balaban J connectivity index is 1.79. The van der Waals surface area contributed by atoms with Gasteiger partial charge in [-0.25, -0.2) is 9.59 Å². The number of fused-ring (bicyclic) bond motifs is 6. The Morgan fingerprint density at radius 1 is 1.03 bits per heavy atom. The first kappa shape index (κ1) is 25.8. The zero-order valence-electron chi connectivity index (χ0n) is 21.7. The molecule has 6 heteroatoms. The van der Waals surface area contributed by atoms with E-state index in [2.05, 4.69) is 45.2 Å². The zero-order valence-corrected chi connectivity index (χ0v) is 21.7. The van der Waals surface area contributed by atoms with Gasteiger partial charge in [-0.15, -0.1) is 0 Å². The number of carbonyl (C=O) groups excluding carboxylic acids is 2. The second-order valence-corrected chi connectivity index (χ2v) is 10.2. The lowest BCUT2D eigenvalue weighted by molar-refractivity contribution is -0.144. The molecule has 0 spiro atoms. The molecule has 4 rings (SSSR count). The highest BCUT2D eigenvalue weighted by Gasteiger charge is 2.50. The van der Waals surface area contributed by atoms with Crippen LogP contribution in [-0.4, -0.2) is 37.4 Å². The Morgan fingerprint density at radius 2 is 1.64 bits per heavy atom. The molecule has 1 saturated carbocycles. The summed E-state index contributed by atoms with van der Waals surface area (Å²) in [5.74, 6) is 1.18. The van der Waals surface area contributed by atoms with Gasteiger partial charge in [0.25, 0.3) is 0 Å². The highest BCUT2D eigenvalue weighted by Crippen LogP contribution is 2.64. The average molecular weight is 493 g/mol. The molecule has 0 N–H and O–H groups in total. The van der Waals surface area contributed by atoms with E-state index in [-0.39, 0.29) is 18.6 Å². The van der Waals surface area contributed by atoms with Crippen molar-refractivity contribution in [3.63, 3.8) is 0 Å². The van der Waals surface area contributed by atoms with Gasteiger partial charge in [0.1, 0.15) is 36.9 Å². The first-order valence-corrected chi connectivity index (χ1v) is 12.7. The smallest absolute Gasteiger partial charge is 0.330 e. The van der Waals surface area contributed by atoms with Crippen LogP contribution in [0.3, 0.4) is 0 Å². The highest BCUT2D eigenvalue weighted by atomic mass is 16.6. The standard InChI is InChI=1S/C30H36O6/c1-7-20-10-11-22-23(14-20)28(33-16-18(4)35-24(31)8-2)26-21-12-13-30(6,15-21)27(26)29(22)34-17-19(5)36-25(32)9-3/h8-11,14,18-19,21H,2-3,7,12-13,15-17H2,1,4-6H3. The number of ether oxygens (including phenoxy) is 4. The number of hydrogen-bond acceptors (Lipinski definition) is 6. The number of benzene rings is 2. The summed E-state index contributed by atoms with van der Waals surface area (Å²) in [6, 6.07) is 6.40. The predicted molar refractivity (Wildman–Crippen MR) is 140 cm³/mol. The maximum absolute atomic E-state index is 11.7. The summed E-state index contributed by atoms with van der Waals surface area (Å²) >= 11 is 0. The minimum absolute atomic E-state index is 0.00693. The summed E-state index contributed by atoms with van der Waals surface area (Å²) in [5.41, 5.74) is 3.60. The van der Waals surface area contributed by atoms with E-state index in [1.54, 1.807) is 0 Å². The van der Waals surface area contributed by atoms with Gasteiger partial charge in [0.05, 0.1) is 0 Å². The molecule has 36 heavy (non-hydrogen) atoms. The molecule has 2 aliphatic rings. The molecule has 6 nitrogen and oxygen atoms in total. The van der Waals surface area contributed by atoms with Gasteiger partial charge in [-0.3, -0.25) is 0 Å². The third-order valence-corrected chi connectivity index (χ3v) is 7.37. The fourth-order valence-corrected chi connectivity index (χ4v) is 5.68. The third-order valence-electron chi connectivity index (χ3n) is 7.37. The molecule has 2 aromatic carbocycles. The Hall–Kier alpha value is -3.28. The predicted octanol–water partition coefficient (Wildman–Crippen LogP) is 5.93. The van der Waals surface area contributed by atoms with E-state index in [9.17, 15) is 9.59 Å². The Bertz CT molecular complexity index is 1200. The van der Waals surface area contributed by atoms with E-state index in [1.165, 1.54) is 16.7 Å². The van der Waals surface area contributed by atoms with E-state index in [1.807, 2.05) is 13.8 Å². The number of esters is 2. The van der Waals surface area contributed by atoms with Gasteiger partial charge >= 0.3 is 11.9 Å². The van der Waals surface area contributed by atoms with Gasteiger partial charge in [-0.05, 0) is 62.5 Å². The molecule has 0 heterocycles. The monoisotopic (exact) mass is 492 g/mol. The second kappa shape index (κ2) is 10.4. The lowest BCUT2D eigenvalue weighted by atomic mass is 9.78. The van der Waals surface area contributed by atoms with Crippen molar-refractivity contribution in [1.82, 2.24) is 0 Å². The SMILES string of the molecule is C=CC(=O)OC(C)COc1c2c(c(OCC(C)OC(=O)C=C)c3ccc(CC)cc13)C1(C)CCC2C1. The maximum Gasteiger partial charge on any atom is 0.330 e. The van der Waals surface area contributed by atoms with Crippen LogP contribution >= 0.6 is 0 Å². The van der Waals surface area contributed by atoms with Crippen molar-refractivity contribution in [3.8, 4) is 11.5 Å². The van der Waals surface area contributed by atoms with Gasteiger partial charge in [-0.1, -0.05) is 39.1 Å². The summed E-state index contributed by atoms with van der Waals surface area (Å²) in [6.45, 7) is 15.5. The van der Waals surface area contributed by atoms with Crippen molar-refractivity contribution in [2.45, 2.75) is 76.9 Å². The molecule has 0 amide bonds. The molecule has 0 aliphatic heterocycles. The Kier molecular flexibility index (Phi) is 7.43. The molecule has 2 bridgehead atoms. The molecule has 2 aliphatic carbocycles. The van der Waals surface area contributed by atoms with Crippen LogP contribution in [0.5, 0.6) is 11.5 Å². The van der Waals surface area contributed by atoms with Crippen LogP contribution in [-0.2, 0) is 30.9 Å². The van der Waals surface area contributed by atoms with E-state index in [0.717, 1.165) is 60.1 Å². The van der Waals surface area contributed by atoms with Crippen LogP contribution in [0.25, 0.3) is 10.8 Å². The summed E-state index contributed by atoms with van der Waals surface area (Å²) in [6.07, 6.45) is 5.63. The number of rotatable bonds is 11. The summed E-state index contributed by atoms with van der Waals surface area (Å²) in [5, 5.41) is 1.98. The average Bonchev–Trinajstić information content (AvgIpc) is 3.39. The lowest BCUT2D eigenvalue weighted by Gasteiger charge is -2.31. The van der Waals surface area contributed by atoms with Gasteiger partial charge in [-0.2, -0.15) is 0 Å². The molecular weight excluding hydrogens is 456 g/mol. The number of hydrogen-bond donors (Lipinski definition) is 0. The Labute approximate surface area is 213 Å². The quantitative estimate of drug-likeness (QED) is 0.286. The second-order valence-electron chi connectivity index (χ2n) is 10.2. The van der Waals surface area contributed by atoms with Crippen molar-refractivity contribution in [3.05, 3.63) is 60.2 Å². The largest absolute Gasteiger partial charge is 0.489 e. The molecule has 1 fully saturated rings. The molecule has 2 aromatic rings. The fraction of sp³-hybridized carbons (Fsp3) is 0.467. The van der Waals surface area contributed by atoms with Crippen LogP contribution in [0.2, 0.25) is 0 Å². The normalized spacial score (nSPS) is 21.4. The Morgan fingerprint density at radius 3 is 2.22 bits per heavy atom. The van der Waals surface area contributed by atoms with Crippen LogP contribution in [0.4, 0.5) is 0 Å². The molecule has 4 atom stereocenters. The van der Waals surface area contributed by atoms with Crippen LogP contribution < -0.4 is 9.47 Å². The van der Waals surface area contributed by atoms with Crippen molar-refractivity contribution in [1.29, 1.82) is 0 Å². The summed E-state index contributed by atoms with van der Waals surface area (Å²) < 4.78 is 23.6. The first-order chi connectivity index (χ1) is 17.2. The minimum atomic E-state index is -0.463. The first-order valence-electron chi connectivity index (χ1n) is 12.7. The van der Waals surface area contributed by atoms with Gasteiger partial charge in [0, 0.05) is 34.1 Å². The van der Waals surface area contributed by atoms with Crippen LogP contribution in [0, 0.1) is 0 Å². The van der Waals surface area contributed by atoms with Gasteiger partial charge in [0.2, 0.25) is 0 Å². The lowest BCUT2D eigenvalue weighted by Crippen LogP contribution is -2.24. The maximum atomic E-state index is 11.7. The van der Waals surface area contributed by atoms with Gasteiger partial charge < -0.3 is 18.9 Å². The van der Waals surface area contributed by atoms with Crippen molar-refractivity contribution in [2.75, 3.05) is 13.2 Å². The topological polar surface area (TPSA) is 71.1 Å². The highest BCUT2D eigenvalue weighted by molar-refractivity contribution is 5.98. The summed E-state index contributed by atoms with van der Waals surface area (Å²) in [7, 11) is 0. The van der Waals surface area contributed by atoms with E-state index >= 15 is 0 Å². The number of carbonyl (C=O) groups is 2. The van der Waals surface area contributed by atoms with Crippen molar-refractivity contribution in [2.24, 2.45) is 0 Å². The van der Waals surface area contributed by atoms with Crippen LogP contribution in [0.15, 0.2) is 43.5 Å². The van der Waals surface area contributed by atoms with E-state index < -0.39 is 24.1 Å². The molecule has 4 unspecified atom stereocenters. The van der Waals surface area contributed by atoms with Crippen LogP contribution in [0.1, 0.15) is 69.6 Å². The molecule has 0 saturated heterocycles. The minimum Gasteiger partial charge on any atom is -0.489 e. The van der Waals surface area contributed by atoms with E-state index in [4.69, 9.17) is 18.9 Å².